The topological polar surface area (TPSA) is 23.6 Å². The lowest BCUT2D eigenvalue weighted by Gasteiger charge is -2.40. The lowest BCUT2D eigenvalue weighted by atomic mass is 9.96. The number of carbonyl (C=O) groups excluding carboxylic acids is 1. The van der Waals surface area contributed by atoms with E-state index in [9.17, 15) is 13.6 Å². The summed E-state index contributed by atoms with van der Waals surface area (Å²) in [5.74, 6) is -0.721. The van der Waals surface area contributed by atoms with Crippen molar-refractivity contribution in [3.8, 4) is 0 Å². The van der Waals surface area contributed by atoms with Crippen LogP contribution in [0.15, 0.2) is 18.2 Å². The fourth-order valence-electron chi connectivity index (χ4n) is 4.01. The normalized spacial score (nSPS) is 21.9. The third-order valence-electron chi connectivity index (χ3n) is 5.20. The van der Waals surface area contributed by atoms with Gasteiger partial charge in [-0.25, -0.2) is 8.78 Å². The molecule has 0 aliphatic carbocycles. The summed E-state index contributed by atoms with van der Waals surface area (Å²) in [5.41, 5.74) is 0.574. The molecule has 2 heterocycles. The zero-order chi connectivity index (χ0) is 16.4. The number of hydrogen-bond donors (Lipinski definition) is 0. The van der Waals surface area contributed by atoms with Gasteiger partial charge in [0.2, 0.25) is 5.91 Å². The van der Waals surface area contributed by atoms with Gasteiger partial charge in [0.15, 0.2) is 0 Å². The van der Waals surface area contributed by atoms with Gasteiger partial charge in [-0.05, 0) is 31.7 Å². The van der Waals surface area contributed by atoms with Crippen molar-refractivity contribution in [2.24, 2.45) is 0 Å². The molecule has 2 aliphatic heterocycles. The Morgan fingerprint density at radius 3 is 2.52 bits per heavy atom. The van der Waals surface area contributed by atoms with Crippen LogP contribution in [0, 0.1) is 11.6 Å². The molecule has 1 aromatic carbocycles. The van der Waals surface area contributed by atoms with Crippen molar-refractivity contribution in [3.05, 3.63) is 35.4 Å². The number of amides is 1. The highest BCUT2D eigenvalue weighted by atomic mass is 19.1. The number of halogens is 2. The maximum absolute atomic E-state index is 14.1. The number of piperidine rings is 1. The summed E-state index contributed by atoms with van der Waals surface area (Å²) in [6, 6.07) is 4.17. The molecule has 3 nitrogen and oxygen atoms in total. The molecule has 0 N–H and O–H groups in total. The molecular formula is C18H24F2N2O. The van der Waals surface area contributed by atoms with Crippen molar-refractivity contribution in [1.82, 2.24) is 9.80 Å². The Balaban J connectivity index is 1.66. The van der Waals surface area contributed by atoms with E-state index in [1.807, 2.05) is 11.8 Å². The van der Waals surface area contributed by atoms with E-state index in [4.69, 9.17) is 0 Å². The second kappa shape index (κ2) is 6.95. The van der Waals surface area contributed by atoms with Crippen LogP contribution in [0.4, 0.5) is 8.78 Å². The molecule has 1 amide bonds. The quantitative estimate of drug-likeness (QED) is 0.847. The first-order valence-corrected chi connectivity index (χ1v) is 8.58. The van der Waals surface area contributed by atoms with Crippen LogP contribution < -0.4 is 0 Å². The minimum Gasteiger partial charge on any atom is -0.340 e. The third-order valence-corrected chi connectivity index (χ3v) is 5.20. The number of rotatable bonds is 4. The van der Waals surface area contributed by atoms with Gasteiger partial charge in [0.1, 0.15) is 11.6 Å². The van der Waals surface area contributed by atoms with E-state index in [2.05, 4.69) is 4.90 Å². The van der Waals surface area contributed by atoms with E-state index in [1.165, 1.54) is 6.07 Å². The van der Waals surface area contributed by atoms with Gasteiger partial charge in [-0.2, -0.15) is 0 Å². The average molecular weight is 322 g/mol. The van der Waals surface area contributed by atoms with Gasteiger partial charge in [-0.3, -0.25) is 9.69 Å². The molecule has 2 saturated heterocycles. The van der Waals surface area contributed by atoms with Crippen molar-refractivity contribution < 1.29 is 13.6 Å². The summed E-state index contributed by atoms with van der Waals surface area (Å²) >= 11 is 0. The smallest absolute Gasteiger partial charge is 0.222 e. The fourth-order valence-corrected chi connectivity index (χ4v) is 4.01. The summed E-state index contributed by atoms with van der Waals surface area (Å²) in [7, 11) is 0. The Labute approximate surface area is 136 Å². The number of carbonyl (C=O) groups is 1. The van der Waals surface area contributed by atoms with E-state index in [0.717, 1.165) is 51.4 Å². The van der Waals surface area contributed by atoms with Crippen LogP contribution in [0.3, 0.4) is 0 Å². The summed E-state index contributed by atoms with van der Waals surface area (Å²) in [4.78, 5) is 16.2. The Hall–Kier alpha value is -1.49. The van der Waals surface area contributed by atoms with Crippen LogP contribution in [0.2, 0.25) is 0 Å². The molecule has 0 saturated carbocycles. The minimum atomic E-state index is -0.535. The molecule has 0 radical (unpaired) electrons. The molecule has 1 aromatic rings. The maximum Gasteiger partial charge on any atom is 0.222 e. The van der Waals surface area contributed by atoms with Gasteiger partial charge in [0.25, 0.3) is 0 Å². The van der Waals surface area contributed by atoms with E-state index in [-0.39, 0.29) is 11.9 Å². The average Bonchev–Trinajstić information content (AvgIpc) is 2.97. The van der Waals surface area contributed by atoms with E-state index < -0.39 is 11.6 Å². The lowest BCUT2D eigenvalue weighted by Crippen LogP contribution is -2.46. The summed E-state index contributed by atoms with van der Waals surface area (Å²) < 4.78 is 27.2. The molecule has 5 heteroatoms. The predicted molar refractivity (Wildman–Crippen MR) is 84.9 cm³/mol. The van der Waals surface area contributed by atoms with Crippen molar-refractivity contribution in [2.45, 2.75) is 51.1 Å². The molecule has 0 bridgehead atoms. The van der Waals surface area contributed by atoms with Gasteiger partial charge in [-0.1, -0.05) is 13.0 Å². The summed E-state index contributed by atoms with van der Waals surface area (Å²) in [5, 5.41) is 0. The largest absolute Gasteiger partial charge is 0.340 e. The van der Waals surface area contributed by atoms with Crippen LogP contribution >= 0.6 is 0 Å². The minimum absolute atomic E-state index is 0.0224. The van der Waals surface area contributed by atoms with Crippen molar-refractivity contribution >= 4 is 5.91 Å². The zero-order valence-electron chi connectivity index (χ0n) is 13.6. The highest BCUT2D eigenvalue weighted by Crippen LogP contribution is 2.31. The number of likely N-dealkylation sites (tertiary alicyclic amines) is 2. The summed E-state index contributed by atoms with van der Waals surface area (Å²) in [6.45, 7) is 4.62. The molecule has 1 atom stereocenters. The first-order valence-electron chi connectivity index (χ1n) is 8.58. The van der Waals surface area contributed by atoms with Crippen LogP contribution in [0.25, 0.3) is 0 Å². The summed E-state index contributed by atoms with van der Waals surface area (Å²) in [6.07, 6.45) is 4.31. The highest BCUT2D eigenvalue weighted by Gasteiger charge is 2.33. The molecule has 3 rings (SSSR count). The van der Waals surface area contributed by atoms with Gasteiger partial charge >= 0.3 is 0 Å². The fraction of sp³-hybridized carbons (Fsp3) is 0.611. The van der Waals surface area contributed by atoms with Gasteiger partial charge in [0.05, 0.1) is 0 Å². The Bertz CT molecular complexity index is 570. The van der Waals surface area contributed by atoms with E-state index in [0.29, 0.717) is 18.0 Å². The van der Waals surface area contributed by atoms with Crippen molar-refractivity contribution in [3.63, 3.8) is 0 Å². The van der Waals surface area contributed by atoms with Gasteiger partial charge in [-0.15, -0.1) is 0 Å². The monoisotopic (exact) mass is 322 g/mol. The first-order chi connectivity index (χ1) is 11.1. The molecule has 1 unspecified atom stereocenters. The van der Waals surface area contributed by atoms with E-state index in [1.54, 1.807) is 6.07 Å². The van der Waals surface area contributed by atoms with Crippen LogP contribution in [-0.2, 0) is 4.79 Å². The zero-order valence-corrected chi connectivity index (χ0v) is 13.6. The molecule has 2 fully saturated rings. The second-order valence-corrected chi connectivity index (χ2v) is 6.55. The SMILES string of the molecule is CCC(c1ccc(F)cc1F)N1CCC(N2CCCC2=O)CC1. The highest BCUT2D eigenvalue weighted by molar-refractivity contribution is 5.78. The molecule has 126 valence electrons. The van der Waals surface area contributed by atoms with Crippen LogP contribution in [0.1, 0.15) is 50.6 Å². The molecule has 0 spiro atoms. The van der Waals surface area contributed by atoms with E-state index >= 15 is 0 Å². The van der Waals surface area contributed by atoms with Crippen molar-refractivity contribution in [2.75, 3.05) is 19.6 Å². The first kappa shape index (κ1) is 16.4. The maximum atomic E-state index is 14.1. The second-order valence-electron chi connectivity index (χ2n) is 6.55. The molecule has 2 aliphatic rings. The van der Waals surface area contributed by atoms with Gasteiger partial charge < -0.3 is 4.90 Å². The molecule has 0 aromatic heterocycles. The Kier molecular flexibility index (Phi) is 4.95. The number of nitrogens with zero attached hydrogens (tertiary/aromatic N) is 2. The molecular weight excluding hydrogens is 298 g/mol. The Morgan fingerprint density at radius 1 is 1.22 bits per heavy atom. The third kappa shape index (κ3) is 3.39. The van der Waals surface area contributed by atoms with Crippen LogP contribution in [-0.4, -0.2) is 41.4 Å². The number of benzene rings is 1. The lowest BCUT2D eigenvalue weighted by molar-refractivity contribution is -0.130. The Morgan fingerprint density at radius 2 is 1.96 bits per heavy atom. The van der Waals surface area contributed by atoms with Crippen molar-refractivity contribution in [1.29, 1.82) is 0 Å². The predicted octanol–water partition coefficient (Wildman–Crippen LogP) is 3.50. The standard InChI is InChI=1S/C18H24F2N2O/c1-2-17(15-6-5-13(19)12-16(15)20)21-10-7-14(8-11-21)22-9-3-4-18(22)23/h5-6,12,14,17H,2-4,7-11H2,1H3. The van der Waals surface area contributed by atoms with Crippen LogP contribution in [0.5, 0.6) is 0 Å². The van der Waals surface area contributed by atoms with Gasteiger partial charge in [0, 0.05) is 49.8 Å². The number of hydrogen-bond acceptors (Lipinski definition) is 2. The molecule has 23 heavy (non-hydrogen) atoms.